The van der Waals surface area contributed by atoms with Crippen molar-refractivity contribution in [3.63, 3.8) is 0 Å². The first-order valence-corrected chi connectivity index (χ1v) is 9.07. The van der Waals surface area contributed by atoms with Gasteiger partial charge in [0.05, 0.1) is 6.54 Å². The van der Waals surface area contributed by atoms with Crippen molar-refractivity contribution in [3.05, 3.63) is 35.4 Å². The summed E-state index contributed by atoms with van der Waals surface area (Å²) < 4.78 is 0. The minimum atomic E-state index is -0.00944. The molecule has 0 aromatic heterocycles. The predicted octanol–water partition coefficient (Wildman–Crippen LogP) is 2.78. The number of benzene rings is 1. The van der Waals surface area contributed by atoms with Crippen LogP contribution >= 0.6 is 0 Å². The highest BCUT2D eigenvalue weighted by Gasteiger charge is 2.15. The van der Waals surface area contributed by atoms with Gasteiger partial charge in [-0.1, -0.05) is 19.1 Å². The van der Waals surface area contributed by atoms with Crippen LogP contribution in [0.3, 0.4) is 0 Å². The summed E-state index contributed by atoms with van der Waals surface area (Å²) in [5.41, 5.74) is 1.82. The van der Waals surface area contributed by atoms with E-state index in [1.165, 1.54) is 12.8 Å². The van der Waals surface area contributed by atoms with Gasteiger partial charge in [0.1, 0.15) is 0 Å². The molecule has 1 atom stereocenters. The Hall–Kier alpha value is -2.04. The van der Waals surface area contributed by atoms with Gasteiger partial charge < -0.3 is 15.5 Å². The van der Waals surface area contributed by atoms with Crippen LogP contribution in [0.5, 0.6) is 0 Å². The van der Waals surface area contributed by atoms with Gasteiger partial charge in [-0.05, 0) is 50.8 Å². The average molecular weight is 330 g/mol. The molecule has 0 bridgehead atoms. The van der Waals surface area contributed by atoms with E-state index in [1.807, 2.05) is 31.2 Å². The fourth-order valence-corrected chi connectivity index (χ4v) is 2.69. The lowest BCUT2D eigenvalue weighted by atomic mass is 10.1. The smallest absolute Gasteiger partial charge is 0.251 e. The van der Waals surface area contributed by atoms with E-state index in [4.69, 9.17) is 4.99 Å². The molecule has 0 radical (unpaired) electrons. The molecule has 0 spiro atoms. The second kappa shape index (κ2) is 9.30. The van der Waals surface area contributed by atoms with Crippen LogP contribution in [0.2, 0.25) is 0 Å². The minimum absolute atomic E-state index is 0.00944. The van der Waals surface area contributed by atoms with Crippen LogP contribution in [0.1, 0.15) is 56.0 Å². The number of carbonyl (C=O) groups is 1. The summed E-state index contributed by atoms with van der Waals surface area (Å²) in [5.74, 6) is 0.985. The molecule has 1 aromatic rings. The number of nitrogens with zero attached hydrogens (tertiary/aromatic N) is 2. The van der Waals surface area contributed by atoms with E-state index in [2.05, 4.69) is 29.4 Å². The van der Waals surface area contributed by atoms with Gasteiger partial charge in [-0.2, -0.15) is 0 Å². The van der Waals surface area contributed by atoms with Crippen LogP contribution in [-0.2, 0) is 6.54 Å². The molecule has 1 aliphatic rings. The van der Waals surface area contributed by atoms with Gasteiger partial charge in [0.2, 0.25) is 0 Å². The minimum Gasteiger partial charge on any atom is -0.357 e. The first-order valence-electron chi connectivity index (χ1n) is 9.07. The molecule has 1 aromatic carbocycles. The third-order valence-corrected chi connectivity index (χ3v) is 4.36. The monoisotopic (exact) mass is 330 g/mol. The van der Waals surface area contributed by atoms with Gasteiger partial charge >= 0.3 is 0 Å². The third-order valence-electron chi connectivity index (χ3n) is 4.36. The molecule has 5 nitrogen and oxygen atoms in total. The maximum Gasteiger partial charge on any atom is 0.251 e. The van der Waals surface area contributed by atoms with Gasteiger partial charge in [-0.25, -0.2) is 4.99 Å². The molecule has 1 amide bonds. The topological polar surface area (TPSA) is 56.7 Å². The molecular formula is C19H30N4O. The second-order valence-electron chi connectivity index (χ2n) is 6.34. The van der Waals surface area contributed by atoms with E-state index in [0.717, 1.165) is 37.6 Å². The Morgan fingerprint density at radius 1 is 1.21 bits per heavy atom. The maximum atomic E-state index is 12.1. The number of carbonyl (C=O) groups excluding carboxylic acids is 1. The van der Waals surface area contributed by atoms with Gasteiger partial charge in [0, 0.05) is 31.2 Å². The Kier molecular flexibility index (Phi) is 7.09. The fraction of sp³-hybridized carbons (Fsp3) is 0.579. The Morgan fingerprint density at radius 2 is 1.88 bits per heavy atom. The van der Waals surface area contributed by atoms with E-state index in [0.29, 0.717) is 12.1 Å². The molecular weight excluding hydrogens is 300 g/mol. The van der Waals surface area contributed by atoms with Gasteiger partial charge in [0.15, 0.2) is 5.96 Å². The van der Waals surface area contributed by atoms with Crippen LogP contribution < -0.4 is 10.6 Å². The number of hydrogen-bond donors (Lipinski definition) is 2. The van der Waals surface area contributed by atoms with Crippen LogP contribution in [0.25, 0.3) is 0 Å². The summed E-state index contributed by atoms with van der Waals surface area (Å²) in [4.78, 5) is 19.1. The highest BCUT2D eigenvalue weighted by atomic mass is 16.1. The summed E-state index contributed by atoms with van der Waals surface area (Å²) in [7, 11) is 0. The number of aliphatic imine (C=N–C) groups is 1. The first kappa shape index (κ1) is 18.3. The van der Waals surface area contributed by atoms with Crippen molar-refractivity contribution in [2.45, 2.75) is 52.6 Å². The van der Waals surface area contributed by atoms with E-state index < -0.39 is 0 Å². The number of nitrogens with one attached hydrogen (secondary N) is 2. The molecule has 1 saturated heterocycles. The molecule has 2 N–H and O–H groups in total. The molecule has 1 unspecified atom stereocenters. The molecule has 0 aliphatic carbocycles. The van der Waals surface area contributed by atoms with Crippen molar-refractivity contribution in [1.29, 1.82) is 0 Å². The largest absolute Gasteiger partial charge is 0.357 e. The lowest BCUT2D eigenvalue weighted by molar-refractivity contribution is 0.0939. The Labute approximate surface area is 145 Å². The Morgan fingerprint density at radius 3 is 2.46 bits per heavy atom. The molecule has 0 saturated carbocycles. The molecule has 5 heteroatoms. The summed E-state index contributed by atoms with van der Waals surface area (Å²) in [5, 5.41) is 6.35. The van der Waals surface area contributed by atoms with Crippen LogP contribution in [0.15, 0.2) is 29.3 Å². The summed E-state index contributed by atoms with van der Waals surface area (Å²) >= 11 is 0. The average Bonchev–Trinajstić information content (AvgIpc) is 3.13. The van der Waals surface area contributed by atoms with Gasteiger partial charge in [-0.3, -0.25) is 4.79 Å². The van der Waals surface area contributed by atoms with E-state index in [9.17, 15) is 4.79 Å². The Balaban J connectivity index is 1.97. The number of amides is 1. The highest BCUT2D eigenvalue weighted by Crippen LogP contribution is 2.10. The lowest BCUT2D eigenvalue weighted by Crippen LogP contribution is -2.39. The predicted molar refractivity (Wildman–Crippen MR) is 99.3 cm³/mol. The zero-order valence-electron chi connectivity index (χ0n) is 15.1. The number of likely N-dealkylation sites (tertiary alicyclic amines) is 1. The zero-order chi connectivity index (χ0) is 17.4. The van der Waals surface area contributed by atoms with E-state index in [-0.39, 0.29) is 11.9 Å². The number of hydrogen-bond acceptors (Lipinski definition) is 2. The molecule has 2 rings (SSSR count). The number of rotatable bonds is 6. The van der Waals surface area contributed by atoms with E-state index in [1.54, 1.807) is 0 Å². The zero-order valence-corrected chi connectivity index (χ0v) is 15.1. The summed E-state index contributed by atoms with van der Waals surface area (Å²) in [6.07, 6.45) is 3.41. The second-order valence-corrected chi connectivity index (χ2v) is 6.34. The van der Waals surface area contributed by atoms with E-state index >= 15 is 0 Å². The third kappa shape index (κ3) is 5.25. The van der Waals surface area contributed by atoms with Crippen LogP contribution in [0.4, 0.5) is 0 Å². The molecule has 1 aliphatic heterocycles. The van der Waals surface area contributed by atoms with Crippen molar-refractivity contribution in [3.8, 4) is 0 Å². The molecule has 24 heavy (non-hydrogen) atoms. The normalized spacial score (nSPS) is 16.1. The van der Waals surface area contributed by atoms with Crippen molar-refractivity contribution >= 4 is 11.9 Å². The van der Waals surface area contributed by atoms with Crippen LogP contribution in [0, 0.1) is 0 Å². The standard InChI is InChI=1S/C19H30N4O/c1-4-15(3)22-18(24)17-10-8-16(9-11-17)14-21-19(20-5-2)23-12-6-7-13-23/h8-11,15H,4-7,12-14H2,1-3H3,(H,20,21)(H,22,24). The van der Waals surface area contributed by atoms with Crippen molar-refractivity contribution in [1.82, 2.24) is 15.5 Å². The summed E-state index contributed by atoms with van der Waals surface area (Å²) in [6.45, 7) is 9.85. The first-order chi connectivity index (χ1) is 11.6. The highest BCUT2D eigenvalue weighted by molar-refractivity contribution is 5.94. The van der Waals surface area contributed by atoms with Gasteiger partial charge in [0.25, 0.3) is 5.91 Å². The summed E-state index contributed by atoms with van der Waals surface area (Å²) in [6, 6.07) is 7.94. The quantitative estimate of drug-likeness (QED) is 0.623. The maximum absolute atomic E-state index is 12.1. The fourth-order valence-electron chi connectivity index (χ4n) is 2.69. The molecule has 132 valence electrons. The number of guanidine groups is 1. The van der Waals surface area contributed by atoms with Crippen LogP contribution in [-0.4, -0.2) is 42.4 Å². The van der Waals surface area contributed by atoms with Gasteiger partial charge in [-0.15, -0.1) is 0 Å². The van der Waals surface area contributed by atoms with Crippen molar-refractivity contribution in [2.75, 3.05) is 19.6 Å². The van der Waals surface area contributed by atoms with Crippen molar-refractivity contribution in [2.24, 2.45) is 4.99 Å². The lowest BCUT2D eigenvalue weighted by Gasteiger charge is -2.20. The Bertz CT molecular complexity index is 547. The van der Waals surface area contributed by atoms with Crippen molar-refractivity contribution < 1.29 is 4.79 Å². The molecule has 1 heterocycles. The molecule has 1 fully saturated rings. The SMILES string of the molecule is CCNC(=NCc1ccc(C(=O)NC(C)CC)cc1)N1CCCC1.